The van der Waals surface area contributed by atoms with Gasteiger partial charge in [0.25, 0.3) is 0 Å². The van der Waals surface area contributed by atoms with Gasteiger partial charge < -0.3 is 30.5 Å². The molecule has 0 aromatic carbocycles. The molecule has 0 bridgehead atoms. The lowest BCUT2D eigenvalue weighted by Gasteiger charge is -2.18. The van der Waals surface area contributed by atoms with E-state index in [1.54, 1.807) is 43.8 Å². The number of anilines is 1. The molecule has 31 heavy (non-hydrogen) atoms. The molecule has 8 nitrogen and oxygen atoms in total. The van der Waals surface area contributed by atoms with Crippen LogP contribution in [0.2, 0.25) is 0 Å². The van der Waals surface area contributed by atoms with Crippen molar-refractivity contribution in [3.05, 3.63) is 30.4 Å². The van der Waals surface area contributed by atoms with E-state index in [1.165, 1.54) is 6.20 Å². The third kappa shape index (κ3) is 8.18. The zero-order valence-electron chi connectivity index (χ0n) is 17.8. The highest BCUT2D eigenvalue weighted by atomic mass is 19.4. The number of nitrogens with zero attached hydrogens (tertiary/aromatic N) is 3. The summed E-state index contributed by atoms with van der Waals surface area (Å²) in [5, 5.41) is 23.6. The highest BCUT2D eigenvalue weighted by molar-refractivity contribution is 5.81. The van der Waals surface area contributed by atoms with Crippen LogP contribution in [0.25, 0.3) is 11.0 Å². The van der Waals surface area contributed by atoms with Gasteiger partial charge in [-0.1, -0.05) is 13.3 Å². The average molecular weight is 442 g/mol. The molecule has 0 radical (unpaired) electrons. The van der Waals surface area contributed by atoms with E-state index in [4.69, 9.17) is 10.1 Å². The number of nitrogens with one attached hydrogen (secondary N) is 3. The third-order valence-corrected chi connectivity index (χ3v) is 4.45. The SMILES string of the molecule is CCC(Cn1ccc2cnc(N/C(C=N)=C/NCC(O)OC(C)C)nc21)CC(F)(F)F. The van der Waals surface area contributed by atoms with Gasteiger partial charge >= 0.3 is 6.18 Å². The lowest BCUT2D eigenvalue weighted by molar-refractivity contribution is -0.145. The number of hydrogen-bond acceptors (Lipinski definition) is 7. The van der Waals surface area contributed by atoms with Gasteiger partial charge in [-0.05, 0) is 25.8 Å². The normalized spacial score (nSPS) is 14.6. The van der Waals surface area contributed by atoms with Crippen LogP contribution >= 0.6 is 0 Å². The number of rotatable bonds is 12. The maximum atomic E-state index is 12.8. The minimum Gasteiger partial charge on any atom is -0.384 e. The predicted octanol–water partition coefficient (Wildman–Crippen LogP) is 3.65. The Morgan fingerprint density at radius 3 is 2.74 bits per heavy atom. The zero-order valence-corrected chi connectivity index (χ0v) is 17.8. The second-order valence-corrected chi connectivity index (χ2v) is 7.45. The summed E-state index contributed by atoms with van der Waals surface area (Å²) in [4.78, 5) is 8.59. The molecule has 2 atom stereocenters. The largest absolute Gasteiger partial charge is 0.389 e. The number of hydrogen-bond donors (Lipinski definition) is 4. The standard InChI is InChI=1S/C20H29F3N6O2/c1-4-14(7-20(21,22)23)12-29-6-5-15-9-26-19(28-18(15)29)27-16(8-24)10-25-11-17(30)31-13(2)3/h5-6,8-10,13-14,17,24-25,30H,4,7,11-12H2,1-3H3,(H,26,27,28)/b16-10+,24-8?. The molecule has 2 aromatic heterocycles. The topological polar surface area (TPSA) is 108 Å². The highest BCUT2D eigenvalue weighted by Crippen LogP contribution is 2.28. The van der Waals surface area contributed by atoms with E-state index in [1.807, 2.05) is 0 Å². The van der Waals surface area contributed by atoms with Crippen molar-refractivity contribution in [2.45, 2.75) is 58.7 Å². The Labute approximate surface area is 179 Å². The van der Waals surface area contributed by atoms with Crippen LogP contribution in [-0.4, -0.2) is 51.0 Å². The second-order valence-electron chi connectivity index (χ2n) is 7.45. The minimum atomic E-state index is -4.21. The van der Waals surface area contributed by atoms with Gasteiger partial charge in [-0.25, -0.2) is 4.98 Å². The highest BCUT2D eigenvalue weighted by Gasteiger charge is 2.31. The van der Waals surface area contributed by atoms with E-state index in [0.717, 1.165) is 6.21 Å². The molecular weight excluding hydrogens is 413 g/mol. The van der Waals surface area contributed by atoms with Crippen molar-refractivity contribution in [3.8, 4) is 0 Å². The Morgan fingerprint density at radius 1 is 1.39 bits per heavy atom. The molecule has 0 aliphatic heterocycles. The monoisotopic (exact) mass is 442 g/mol. The van der Waals surface area contributed by atoms with Crippen LogP contribution in [0.5, 0.6) is 0 Å². The van der Waals surface area contributed by atoms with Crippen molar-refractivity contribution in [1.82, 2.24) is 19.9 Å². The van der Waals surface area contributed by atoms with Crippen LogP contribution in [0.1, 0.15) is 33.6 Å². The summed E-state index contributed by atoms with van der Waals surface area (Å²) in [5.74, 6) is -0.352. The molecule has 0 spiro atoms. The van der Waals surface area contributed by atoms with Crippen LogP contribution in [-0.2, 0) is 11.3 Å². The summed E-state index contributed by atoms with van der Waals surface area (Å²) < 4.78 is 45.3. The fraction of sp³-hybridized carbons (Fsp3) is 0.550. The van der Waals surface area contributed by atoms with Gasteiger partial charge in [0.15, 0.2) is 6.29 Å². The number of halogens is 3. The van der Waals surface area contributed by atoms with Crippen molar-refractivity contribution in [1.29, 1.82) is 5.41 Å². The first-order chi connectivity index (χ1) is 14.6. The quantitative estimate of drug-likeness (QED) is 0.295. The molecule has 0 fully saturated rings. The van der Waals surface area contributed by atoms with Gasteiger partial charge in [0.2, 0.25) is 5.95 Å². The van der Waals surface area contributed by atoms with Crippen molar-refractivity contribution in [2.24, 2.45) is 5.92 Å². The third-order valence-electron chi connectivity index (χ3n) is 4.45. The Balaban J connectivity index is 2.09. The molecule has 0 saturated heterocycles. The first kappa shape index (κ1) is 24.6. The number of fused-ring (bicyclic) bond motifs is 1. The molecule has 0 saturated carbocycles. The van der Waals surface area contributed by atoms with Crippen LogP contribution in [0, 0.1) is 11.3 Å². The molecule has 11 heteroatoms. The molecule has 2 aromatic rings. The molecule has 2 rings (SSSR count). The molecular formula is C20H29F3N6O2. The molecule has 2 heterocycles. The molecule has 0 aliphatic rings. The Hall–Kier alpha value is -2.66. The average Bonchev–Trinajstić information content (AvgIpc) is 3.07. The first-order valence-corrected chi connectivity index (χ1v) is 10.0. The number of aromatic nitrogens is 3. The van der Waals surface area contributed by atoms with E-state index in [-0.39, 0.29) is 25.1 Å². The number of allylic oxidation sites excluding steroid dienone is 1. The van der Waals surface area contributed by atoms with Crippen molar-refractivity contribution in [2.75, 3.05) is 11.9 Å². The molecule has 0 amide bonds. The fourth-order valence-corrected chi connectivity index (χ4v) is 3.00. The summed E-state index contributed by atoms with van der Waals surface area (Å²) >= 11 is 0. The van der Waals surface area contributed by atoms with Gasteiger partial charge in [-0.2, -0.15) is 18.2 Å². The fourth-order valence-electron chi connectivity index (χ4n) is 3.00. The maximum absolute atomic E-state index is 12.8. The lowest BCUT2D eigenvalue weighted by atomic mass is 10.0. The molecule has 0 aliphatic carbocycles. The summed E-state index contributed by atoms with van der Waals surface area (Å²) in [6.45, 7) is 5.66. The van der Waals surface area contributed by atoms with E-state index >= 15 is 0 Å². The molecule has 4 N–H and O–H groups in total. The zero-order chi connectivity index (χ0) is 23.0. The predicted molar refractivity (Wildman–Crippen MR) is 113 cm³/mol. The van der Waals surface area contributed by atoms with E-state index in [0.29, 0.717) is 23.2 Å². The lowest BCUT2D eigenvalue weighted by Crippen LogP contribution is -2.28. The van der Waals surface area contributed by atoms with Crippen LogP contribution < -0.4 is 10.6 Å². The second kappa shape index (κ2) is 11.1. The first-order valence-electron chi connectivity index (χ1n) is 10.0. The van der Waals surface area contributed by atoms with E-state index in [9.17, 15) is 18.3 Å². The molecule has 172 valence electrons. The Bertz CT molecular complexity index is 881. The van der Waals surface area contributed by atoms with E-state index in [2.05, 4.69) is 20.6 Å². The number of aliphatic hydroxyl groups excluding tert-OH is 1. The van der Waals surface area contributed by atoms with Gasteiger partial charge in [0.1, 0.15) is 5.65 Å². The van der Waals surface area contributed by atoms with Gasteiger partial charge in [-0.15, -0.1) is 0 Å². The summed E-state index contributed by atoms with van der Waals surface area (Å²) in [6.07, 6.45) is 0.00793. The van der Waals surface area contributed by atoms with Crippen LogP contribution in [0.4, 0.5) is 19.1 Å². The number of ether oxygens (including phenoxy) is 1. The van der Waals surface area contributed by atoms with Crippen molar-refractivity contribution >= 4 is 23.2 Å². The summed E-state index contributed by atoms with van der Waals surface area (Å²) in [5.41, 5.74) is 0.842. The molecule has 2 unspecified atom stereocenters. The van der Waals surface area contributed by atoms with E-state index < -0.39 is 24.8 Å². The minimum absolute atomic E-state index is 0.123. The smallest absolute Gasteiger partial charge is 0.384 e. The summed E-state index contributed by atoms with van der Waals surface area (Å²) in [7, 11) is 0. The van der Waals surface area contributed by atoms with Gasteiger partial charge in [-0.3, -0.25) is 0 Å². The van der Waals surface area contributed by atoms with Crippen molar-refractivity contribution in [3.63, 3.8) is 0 Å². The summed E-state index contributed by atoms with van der Waals surface area (Å²) in [6, 6.07) is 1.75. The van der Waals surface area contributed by atoms with Crippen LogP contribution in [0.15, 0.2) is 30.4 Å². The van der Waals surface area contributed by atoms with Gasteiger partial charge in [0.05, 0.1) is 18.3 Å². The number of aliphatic hydroxyl groups is 1. The maximum Gasteiger partial charge on any atom is 0.389 e. The van der Waals surface area contributed by atoms with Gasteiger partial charge in [0, 0.05) is 43.2 Å². The van der Waals surface area contributed by atoms with Crippen LogP contribution in [0.3, 0.4) is 0 Å². The van der Waals surface area contributed by atoms with Crippen molar-refractivity contribution < 1.29 is 23.0 Å². The Morgan fingerprint density at radius 2 is 2.13 bits per heavy atom. The number of alkyl halides is 3. The Kier molecular flexibility index (Phi) is 8.81.